The highest BCUT2D eigenvalue weighted by atomic mass is 16.1. The molecule has 0 fully saturated rings. The molecule has 0 spiro atoms. The summed E-state index contributed by atoms with van der Waals surface area (Å²) in [6.07, 6.45) is 0. The van der Waals surface area contributed by atoms with Gasteiger partial charge in [0, 0.05) is 11.3 Å². The van der Waals surface area contributed by atoms with E-state index in [9.17, 15) is 9.59 Å². The Hall–Kier alpha value is -2.62. The second kappa shape index (κ2) is 5.17. The van der Waals surface area contributed by atoms with Crippen LogP contribution in [0.15, 0.2) is 36.4 Å². The smallest absolute Gasteiger partial charge is 0.249 e. The molecule has 20 heavy (non-hydrogen) atoms. The van der Waals surface area contributed by atoms with Crippen LogP contribution in [0.5, 0.6) is 0 Å². The molecule has 4 N–H and O–H groups in total. The third kappa shape index (κ3) is 2.28. The number of hydrogen-bond donors (Lipinski definition) is 2. The van der Waals surface area contributed by atoms with Crippen molar-refractivity contribution in [1.29, 1.82) is 0 Å². The molecule has 0 atom stereocenters. The molecule has 0 aromatic heterocycles. The van der Waals surface area contributed by atoms with Crippen molar-refractivity contribution < 1.29 is 9.59 Å². The Morgan fingerprint density at radius 1 is 0.950 bits per heavy atom. The predicted molar refractivity (Wildman–Crippen MR) is 78.7 cm³/mol. The zero-order valence-electron chi connectivity index (χ0n) is 11.4. The quantitative estimate of drug-likeness (QED) is 0.661. The average molecular weight is 268 g/mol. The Morgan fingerprint density at radius 3 is 2.20 bits per heavy atom. The number of carbonyl (C=O) groups excluding carboxylic acids is 2. The highest BCUT2D eigenvalue weighted by Crippen LogP contribution is 2.23. The fourth-order valence-electron chi connectivity index (χ4n) is 2.16. The van der Waals surface area contributed by atoms with Gasteiger partial charge in [0.25, 0.3) is 0 Å². The summed E-state index contributed by atoms with van der Waals surface area (Å²) in [5.41, 5.74) is 14.2. The van der Waals surface area contributed by atoms with Gasteiger partial charge in [-0.2, -0.15) is 0 Å². The second-order valence-corrected chi connectivity index (χ2v) is 4.71. The van der Waals surface area contributed by atoms with E-state index in [0.29, 0.717) is 5.56 Å². The van der Waals surface area contributed by atoms with Crippen molar-refractivity contribution in [3.05, 3.63) is 64.2 Å². The van der Waals surface area contributed by atoms with Gasteiger partial charge >= 0.3 is 0 Å². The van der Waals surface area contributed by atoms with E-state index in [-0.39, 0.29) is 22.6 Å². The zero-order chi connectivity index (χ0) is 14.9. The van der Waals surface area contributed by atoms with Crippen molar-refractivity contribution in [3.63, 3.8) is 0 Å². The van der Waals surface area contributed by atoms with Crippen molar-refractivity contribution in [2.24, 2.45) is 5.73 Å². The predicted octanol–water partition coefficient (Wildman–Crippen LogP) is 2.22. The molecule has 2 rings (SSSR count). The highest BCUT2D eigenvalue weighted by molar-refractivity contribution is 6.18. The van der Waals surface area contributed by atoms with E-state index < -0.39 is 5.91 Å². The largest absolute Gasteiger partial charge is 0.398 e. The van der Waals surface area contributed by atoms with E-state index in [0.717, 1.165) is 11.1 Å². The van der Waals surface area contributed by atoms with Gasteiger partial charge in [-0.15, -0.1) is 0 Å². The molecular formula is C16H16N2O2. The van der Waals surface area contributed by atoms with E-state index in [1.807, 2.05) is 19.9 Å². The van der Waals surface area contributed by atoms with E-state index in [1.54, 1.807) is 24.3 Å². The van der Waals surface area contributed by atoms with Crippen LogP contribution in [0.4, 0.5) is 5.69 Å². The molecule has 0 saturated heterocycles. The Morgan fingerprint density at radius 2 is 1.55 bits per heavy atom. The normalized spacial score (nSPS) is 10.3. The number of hydrogen-bond acceptors (Lipinski definition) is 3. The number of benzene rings is 2. The van der Waals surface area contributed by atoms with Crippen molar-refractivity contribution in [2.45, 2.75) is 13.8 Å². The van der Waals surface area contributed by atoms with Crippen LogP contribution in [0.3, 0.4) is 0 Å². The summed E-state index contributed by atoms with van der Waals surface area (Å²) >= 11 is 0. The van der Waals surface area contributed by atoms with Gasteiger partial charge < -0.3 is 11.5 Å². The maximum absolute atomic E-state index is 12.7. The molecular weight excluding hydrogens is 252 g/mol. The number of primary amides is 1. The van der Waals surface area contributed by atoms with Gasteiger partial charge in [-0.3, -0.25) is 9.59 Å². The SMILES string of the molecule is Cc1cccc(C(=O)c2c(N)cccc2C(N)=O)c1C. The molecule has 0 saturated carbocycles. The van der Waals surface area contributed by atoms with Crippen LogP contribution >= 0.6 is 0 Å². The molecule has 1 amide bonds. The molecule has 0 aliphatic carbocycles. The number of nitrogens with two attached hydrogens (primary N) is 2. The third-order valence-electron chi connectivity index (χ3n) is 3.44. The van der Waals surface area contributed by atoms with Crippen molar-refractivity contribution >= 4 is 17.4 Å². The van der Waals surface area contributed by atoms with Gasteiger partial charge in [-0.05, 0) is 37.1 Å². The monoisotopic (exact) mass is 268 g/mol. The maximum Gasteiger partial charge on any atom is 0.249 e. The molecule has 0 aliphatic heterocycles. The number of anilines is 1. The Labute approximate surface area is 117 Å². The number of ketones is 1. The fourth-order valence-corrected chi connectivity index (χ4v) is 2.16. The van der Waals surface area contributed by atoms with Gasteiger partial charge in [-0.25, -0.2) is 0 Å². The Bertz CT molecular complexity index is 706. The number of nitrogen functional groups attached to an aromatic ring is 1. The van der Waals surface area contributed by atoms with Crippen LogP contribution in [-0.2, 0) is 0 Å². The standard InChI is InChI=1S/C16H16N2O2/c1-9-5-3-6-11(10(9)2)15(19)14-12(16(18)20)7-4-8-13(14)17/h3-8H,17H2,1-2H3,(H2,18,20). The summed E-state index contributed by atoms with van der Waals surface area (Å²) in [4.78, 5) is 24.2. The molecule has 0 heterocycles. The van der Waals surface area contributed by atoms with Gasteiger partial charge in [0.05, 0.1) is 11.1 Å². The van der Waals surface area contributed by atoms with Crippen LogP contribution in [0.1, 0.15) is 37.4 Å². The molecule has 0 bridgehead atoms. The van der Waals surface area contributed by atoms with Crippen LogP contribution in [0.2, 0.25) is 0 Å². The highest BCUT2D eigenvalue weighted by Gasteiger charge is 2.21. The molecule has 2 aromatic carbocycles. The van der Waals surface area contributed by atoms with Gasteiger partial charge in [0.1, 0.15) is 0 Å². The molecule has 4 heteroatoms. The van der Waals surface area contributed by atoms with E-state index in [1.165, 1.54) is 6.07 Å². The fraction of sp³-hybridized carbons (Fsp3) is 0.125. The number of aryl methyl sites for hydroxylation is 1. The molecule has 0 radical (unpaired) electrons. The first-order chi connectivity index (χ1) is 9.43. The van der Waals surface area contributed by atoms with Crippen LogP contribution in [0, 0.1) is 13.8 Å². The molecule has 0 unspecified atom stereocenters. The Balaban J connectivity index is 2.65. The molecule has 4 nitrogen and oxygen atoms in total. The van der Waals surface area contributed by atoms with Gasteiger partial charge in [0.2, 0.25) is 5.91 Å². The average Bonchev–Trinajstić information content (AvgIpc) is 2.40. The number of amides is 1. The Kier molecular flexibility index (Phi) is 3.57. The third-order valence-corrected chi connectivity index (χ3v) is 3.44. The summed E-state index contributed by atoms with van der Waals surface area (Å²) in [5.74, 6) is -0.941. The summed E-state index contributed by atoms with van der Waals surface area (Å²) in [7, 11) is 0. The van der Waals surface area contributed by atoms with Gasteiger partial charge in [-0.1, -0.05) is 24.3 Å². The summed E-state index contributed by atoms with van der Waals surface area (Å²) in [5, 5.41) is 0. The van der Waals surface area contributed by atoms with E-state index in [4.69, 9.17) is 11.5 Å². The van der Waals surface area contributed by atoms with Crippen molar-refractivity contribution in [3.8, 4) is 0 Å². The lowest BCUT2D eigenvalue weighted by atomic mass is 9.92. The van der Waals surface area contributed by atoms with Crippen LogP contribution in [-0.4, -0.2) is 11.7 Å². The minimum absolute atomic E-state index is 0.149. The summed E-state index contributed by atoms with van der Waals surface area (Å²) < 4.78 is 0. The first-order valence-electron chi connectivity index (χ1n) is 6.22. The topological polar surface area (TPSA) is 86.2 Å². The lowest BCUT2D eigenvalue weighted by Crippen LogP contribution is -2.19. The van der Waals surface area contributed by atoms with E-state index in [2.05, 4.69) is 0 Å². The minimum Gasteiger partial charge on any atom is -0.398 e. The van der Waals surface area contributed by atoms with E-state index >= 15 is 0 Å². The number of carbonyl (C=O) groups is 2. The lowest BCUT2D eigenvalue weighted by molar-refractivity contribution is 0.0981. The van der Waals surface area contributed by atoms with Crippen molar-refractivity contribution in [1.82, 2.24) is 0 Å². The minimum atomic E-state index is -0.661. The first-order valence-corrected chi connectivity index (χ1v) is 6.22. The first kappa shape index (κ1) is 13.8. The summed E-state index contributed by atoms with van der Waals surface area (Å²) in [6, 6.07) is 10.2. The van der Waals surface area contributed by atoms with Crippen LogP contribution in [0.25, 0.3) is 0 Å². The lowest BCUT2D eigenvalue weighted by Gasteiger charge is -2.12. The second-order valence-electron chi connectivity index (χ2n) is 4.71. The van der Waals surface area contributed by atoms with Crippen molar-refractivity contribution in [2.75, 3.05) is 5.73 Å². The maximum atomic E-state index is 12.7. The molecule has 0 aliphatic rings. The van der Waals surface area contributed by atoms with Crippen LogP contribution < -0.4 is 11.5 Å². The molecule has 102 valence electrons. The molecule has 2 aromatic rings. The number of rotatable bonds is 3. The zero-order valence-corrected chi connectivity index (χ0v) is 11.4. The summed E-state index contributed by atoms with van der Waals surface area (Å²) in [6.45, 7) is 3.79. The van der Waals surface area contributed by atoms with Gasteiger partial charge in [0.15, 0.2) is 5.78 Å².